The third-order valence-corrected chi connectivity index (χ3v) is 2.48. The summed E-state index contributed by atoms with van der Waals surface area (Å²) in [5.41, 5.74) is 8.61. The van der Waals surface area contributed by atoms with E-state index in [1.54, 1.807) is 6.92 Å². The number of rotatable bonds is 1. The molecule has 0 aromatic heterocycles. The molecule has 0 spiro atoms. The van der Waals surface area contributed by atoms with Gasteiger partial charge in [0.25, 0.3) is 0 Å². The Morgan fingerprint density at radius 1 is 1.57 bits per heavy atom. The first-order valence-corrected chi connectivity index (χ1v) is 4.78. The molecule has 3 heteroatoms. The van der Waals surface area contributed by atoms with Crippen LogP contribution >= 0.6 is 0 Å². The number of nitrogens with two attached hydrogens (primary N) is 1. The van der Waals surface area contributed by atoms with E-state index in [2.05, 4.69) is 4.99 Å². The second kappa shape index (κ2) is 3.42. The number of hydrogen-bond donors (Lipinski definition) is 2. The summed E-state index contributed by atoms with van der Waals surface area (Å²) in [5, 5.41) is 9.59. The Labute approximate surface area is 83.3 Å². The Hall–Kier alpha value is -1.35. The molecule has 1 aromatic rings. The second-order valence-electron chi connectivity index (χ2n) is 3.69. The van der Waals surface area contributed by atoms with Crippen molar-refractivity contribution in [3.63, 3.8) is 0 Å². The molecule has 0 heterocycles. The summed E-state index contributed by atoms with van der Waals surface area (Å²) in [5.74, 6) is 0.559. The third-order valence-electron chi connectivity index (χ3n) is 2.48. The Morgan fingerprint density at radius 2 is 2.36 bits per heavy atom. The molecule has 0 fully saturated rings. The number of benzene rings is 1. The van der Waals surface area contributed by atoms with E-state index in [9.17, 15) is 5.11 Å². The first kappa shape index (κ1) is 9.21. The molecule has 3 N–H and O–H groups in total. The van der Waals surface area contributed by atoms with E-state index in [0.717, 1.165) is 24.1 Å². The fourth-order valence-corrected chi connectivity index (χ4v) is 1.85. The van der Waals surface area contributed by atoms with Crippen LogP contribution in [0.15, 0.2) is 23.2 Å². The highest BCUT2D eigenvalue weighted by atomic mass is 16.3. The summed E-state index contributed by atoms with van der Waals surface area (Å²) in [4.78, 5) is 4.17. The predicted molar refractivity (Wildman–Crippen MR) is 56.7 cm³/mol. The van der Waals surface area contributed by atoms with Crippen molar-refractivity contribution < 1.29 is 5.11 Å². The van der Waals surface area contributed by atoms with Crippen LogP contribution in [0.1, 0.15) is 30.6 Å². The zero-order valence-electron chi connectivity index (χ0n) is 8.20. The minimum Gasteiger partial charge on any atom is -0.388 e. The van der Waals surface area contributed by atoms with Gasteiger partial charge in [-0.15, -0.1) is 0 Å². The number of aliphatic hydroxyl groups is 1. The molecule has 0 radical (unpaired) electrons. The molecule has 1 unspecified atom stereocenters. The van der Waals surface area contributed by atoms with Gasteiger partial charge in [0.2, 0.25) is 0 Å². The molecule has 0 saturated carbocycles. The molecule has 0 bridgehead atoms. The van der Waals surface area contributed by atoms with Gasteiger partial charge in [-0.25, -0.2) is 4.99 Å². The summed E-state index contributed by atoms with van der Waals surface area (Å²) in [6, 6.07) is 5.83. The van der Waals surface area contributed by atoms with E-state index >= 15 is 0 Å². The number of amidine groups is 1. The van der Waals surface area contributed by atoms with E-state index in [-0.39, 0.29) is 6.10 Å². The van der Waals surface area contributed by atoms with Crippen LogP contribution in [0.3, 0.4) is 0 Å². The van der Waals surface area contributed by atoms with Gasteiger partial charge in [0, 0.05) is 0 Å². The zero-order valence-corrected chi connectivity index (χ0v) is 8.20. The highest BCUT2D eigenvalue weighted by Crippen LogP contribution is 2.33. The molecule has 1 aliphatic carbocycles. The maximum atomic E-state index is 9.59. The molecule has 74 valence electrons. The number of aliphatic imine (C=N–C) groups is 1. The first-order chi connectivity index (χ1) is 6.66. The predicted octanol–water partition coefficient (Wildman–Crippen LogP) is 1.67. The Bertz CT molecular complexity index is 381. The number of hydrogen-bond acceptors (Lipinski definition) is 2. The molecule has 2 rings (SSSR count). The van der Waals surface area contributed by atoms with Crippen LogP contribution < -0.4 is 5.73 Å². The van der Waals surface area contributed by atoms with E-state index in [0.29, 0.717) is 5.84 Å². The van der Waals surface area contributed by atoms with Crippen molar-refractivity contribution in [2.75, 3.05) is 0 Å². The normalized spacial score (nSPS) is 21.0. The van der Waals surface area contributed by atoms with Crippen molar-refractivity contribution in [3.8, 4) is 0 Å². The van der Waals surface area contributed by atoms with Gasteiger partial charge in [-0.05, 0) is 43.0 Å². The monoisotopic (exact) mass is 190 g/mol. The van der Waals surface area contributed by atoms with Gasteiger partial charge >= 0.3 is 0 Å². The van der Waals surface area contributed by atoms with Crippen molar-refractivity contribution >= 4 is 11.5 Å². The summed E-state index contributed by atoms with van der Waals surface area (Å²) in [6.07, 6.45) is 1.47. The molecule has 1 aromatic carbocycles. The lowest BCUT2D eigenvalue weighted by Crippen LogP contribution is -2.03. The Kier molecular flexibility index (Phi) is 2.25. The van der Waals surface area contributed by atoms with Crippen LogP contribution in [0.25, 0.3) is 0 Å². The summed E-state index contributed by atoms with van der Waals surface area (Å²) in [6.45, 7) is 1.77. The largest absolute Gasteiger partial charge is 0.388 e. The maximum Gasteiger partial charge on any atom is 0.0964 e. The van der Waals surface area contributed by atoms with Crippen molar-refractivity contribution in [1.82, 2.24) is 0 Å². The molecule has 14 heavy (non-hydrogen) atoms. The topological polar surface area (TPSA) is 58.6 Å². The van der Waals surface area contributed by atoms with Crippen molar-refractivity contribution in [3.05, 3.63) is 29.3 Å². The van der Waals surface area contributed by atoms with Gasteiger partial charge in [-0.3, -0.25) is 0 Å². The van der Waals surface area contributed by atoms with E-state index < -0.39 is 0 Å². The molecule has 1 aliphatic rings. The van der Waals surface area contributed by atoms with Crippen LogP contribution in [-0.4, -0.2) is 10.9 Å². The molecule has 1 atom stereocenters. The van der Waals surface area contributed by atoms with E-state index in [1.165, 1.54) is 5.56 Å². The van der Waals surface area contributed by atoms with Crippen LogP contribution in [0.5, 0.6) is 0 Å². The standard InChI is InChI=1S/C11H14N2O/c1-7(12)13-9-3-4-10-8(6-9)2-5-11(10)14/h3-4,6,11,14H,2,5H2,1H3,(H2,12,13). The van der Waals surface area contributed by atoms with Gasteiger partial charge in [-0.1, -0.05) is 6.07 Å². The fraction of sp³-hybridized carbons (Fsp3) is 0.364. The third kappa shape index (κ3) is 1.63. The highest BCUT2D eigenvalue weighted by Gasteiger charge is 2.19. The number of aliphatic hydroxyl groups excluding tert-OH is 1. The quantitative estimate of drug-likeness (QED) is 0.523. The lowest BCUT2D eigenvalue weighted by atomic mass is 10.1. The highest BCUT2D eigenvalue weighted by molar-refractivity contribution is 5.80. The average Bonchev–Trinajstić information content (AvgIpc) is 2.46. The maximum absolute atomic E-state index is 9.59. The first-order valence-electron chi connectivity index (χ1n) is 4.78. The van der Waals surface area contributed by atoms with Crippen LogP contribution in [0, 0.1) is 0 Å². The van der Waals surface area contributed by atoms with Gasteiger partial charge in [0.15, 0.2) is 0 Å². The number of nitrogens with zero attached hydrogens (tertiary/aromatic N) is 1. The molecular weight excluding hydrogens is 176 g/mol. The van der Waals surface area contributed by atoms with Gasteiger partial charge in [0.1, 0.15) is 0 Å². The van der Waals surface area contributed by atoms with E-state index in [4.69, 9.17) is 5.73 Å². The van der Waals surface area contributed by atoms with E-state index in [1.807, 2.05) is 18.2 Å². The Balaban J connectivity index is 2.37. The fourth-order valence-electron chi connectivity index (χ4n) is 1.85. The van der Waals surface area contributed by atoms with Crippen LogP contribution in [0.4, 0.5) is 5.69 Å². The Morgan fingerprint density at radius 3 is 3.07 bits per heavy atom. The number of aryl methyl sites for hydroxylation is 1. The SMILES string of the molecule is C/C(N)=N\c1ccc2c(c1)CCC2O. The van der Waals surface area contributed by atoms with Gasteiger partial charge in [0.05, 0.1) is 17.6 Å². The van der Waals surface area contributed by atoms with Gasteiger partial charge in [-0.2, -0.15) is 0 Å². The minimum absolute atomic E-state index is 0.290. The van der Waals surface area contributed by atoms with Crippen molar-refractivity contribution in [1.29, 1.82) is 0 Å². The van der Waals surface area contributed by atoms with Crippen molar-refractivity contribution in [2.24, 2.45) is 10.7 Å². The molecular formula is C11H14N2O. The molecule has 0 saturated heterocycles. The van der Waals surface area contributed by atoms with Gasteiger partial charge < -0.3 is 10.8 Å². The van der Waals surface area contributed by atoms with Crippen LogP contribution in [0.2, 0.25) is 0 Å². The molecule has 0 amide bonds. The summed E-state index contributed by atoms with van der Waals surface area (Å²) in [7, 11) is 0. The van der Waals surface area contributed by atoms with Crippen LogP contribution in [-0.2, 0) is 6.42 Å². The smallest absolute Gasteiger partial charge is 0.0964 e. The zero-order chi connectivity index (χ0) is 10.1. The van der Waals surface area contributed by atoms with Crippen molar-refractivity contribution in [2.45, 2.75) is 25.9 Å². The lowest BCUT2D eigenvalue weighted by molar-refractivity contribution is 0.180. The second-order valence-corrected chi connectivity index (χ2v) is 3.69. The molecule has 3 nitrogen and oxygen atoms in total. The summed E-state index contributed by atoms with van der Waals surface area (Å²) < 4.78 is 0. The number of fused-ring (bicyclic) bond motifs is 1. The minimum atomic E-state index is -0.290. The average molecular weight is 190 g/mol. The summed E-state index contributed by atoms with van der Waals surface area (Å²) >= 11 is 0. The lowest BCUT2D eigenvalue weighted by Gasteiger charge is -2.03. The molecule has 0 aliphatic heterocycles.